The van der Waals surface area contributed by atoms with Crippen LogP contribution in [0.1, 0.15) is 29.7 Å². The topological polar surface area (TPSA) is 146 Å². The van der Waals surface area contributed by atoms with E-state index in [1.165, 1.54) is 43.0 Å². The lowest BCUT2D eigenvalue weighted by Gasteiger charge is -2.43. The van der Waals surface area contributed by atoms with Crippen molar-refractivity contribution >= 4 is 64.1 Å². The number of aliphatic carboxylic acids is 1. The van der Waals surface area contributed by atoms with E-state index in [0.29, 0.717) is 33.5 Å². The minimum absolute atomic E-state index is 0.130. The molecule has 3 N–H and O–H groups in total. The van der Waals surface area contributed by atoms with Crippen molar-refractivity contribution in [1.82, 2.24) is 9.88 Å². The number of carboxylic acids is 1. The Morgan fingerprint density at radius 2 is 1.84 bits per heavy atom. The zero-order valence-electron chi connectivity index (χ0n) is 23.0. The molecule has 44 heavy (non-hydrogen) atoms. The molecule has 8 atom stereocenters. The van der Waals surface area contributed by atoms with Gasteiger partial charge in [0, 0.05) is 32.3 Å². The van der Waals surface area contributed by atoms with Gasteiger partial charge in [-0.15, -0.1) is 11.8 Å². The van der Waals surface area contributed by atoms with E-state index in [1.54, 1.807) is 18.2 Å². The number of ether oxygens (including phenoxy) is 1. The molecule has 7 unspecified atom stereocenters. The number of carbonyl (C=O) groups excluding carboxylic acids is 3. The van der Waals surface area contributed by atoms with Crippen molar-refractivity contribution in [3.8, 4) is 5.75 Å². The van der Waals surface area contributed by atoms with Crippen molar-refractivity contribution in [1.29, 1.82) is 0 Å². The number of hydrogen-bond donors (Lipinski definition) is 3. The number of benzene rings is 2. The lowest BCUT2D eigenvalue weighted by Crippen LogP contribution is -2.44. The van der Waals surface area contributed by atoms with Gasteiger partial charge in [-0.25, -0.2) is 9.18 Å². The van der Waals surface area contributed by atoms with Crippen molar-refractivity contribution in [3.63, 3.8) is 0 Å². The van der Waals surface area contributed by atoms with Gasteiger partial charge in [0.1, 0.15) is 17.6 Å². The van der Waals surface area contributed by atoms with E-state index in [1.807, 2.05) is 0 Å². The first-order chi connectivity index (χ1) is 21.0. The normalized spacial score (nSPS) is 28.8. The van der Waals surface area contributed by atoms with E-state index < -0.39 is 53.3 Å². The van der Waals surface area contributed by atoms with Crippen LogP contribution in [0, 0.1) is 35.4 Å². The number of fused-ring (bicyclic) bond motifs is 9. The summed E-state index contributed by atoms with van der Waals surface area (Å²) in [5.41, 5.74) is 1.05. The quantitative estimate of drug-likeness (QED) is 0.321. The Kier molecular flexibility index (Phi) is 7.09. The summed E-state index contributed by atoms with van der Waals surface area (Å²) in [5, 5.41) is 13.2. The first-order valence-corrected chi connectivity index (χ1v) is 16.1. The molecule has 2 aromatic carbocycles. The van der Waals surface area contributed by atoms with E-state index in [4.69, 9.17) is 16.3 Å². The number of aromatic amines is 1. The average molecular weight is 658 g/mol. The highest BCUT2D eigenvalue weighted by Crippen LogP contribution is 2.69. The van der Waals surface area contributed by atoms with E-state index in [9.17, 15) is 33.5 Å². The molecule has 4 aliphatic rings. The standard InChI is InChI=1S/C30H25ClFN3O7S2/c1-11(29(39)40)35-27(37)22-16-9-17(23(22)28(35)38)24-21(16)20(25-26(43-24)34-30(41)44-25)15-8-12(31)2-7-18(15)42-10-19(36)33-14-5-3-13(32)4-6-14/h2-8,11,16-17,20-24H,9-10H2,1H3,(H,33,36)(H,34,41)(H,39,40)/t11?,16?,17?,20-,21?,22?,23?,24?/m1/s1. The van der Waals surface area contributed by atoms with Gasteiger partial charge >= 0.3 is 10.8 Å². The number of aromatic nitrogens is 1. The molecule has 0 spiro atoms. The van der Waals surface area contributed by atoms with E-state index in [2.05, 4.69) is 10.3 Å². The van der Waals surface area contributed by atoms with Gasteiger partial charge in [-0.2, -0.15) is 0 Å². The highest BCUT2D eigenvalue weighted by molar-refractivity contribution is 8.00. The highest BCUT2D eigenvalue weighted by Gasteiger charge is 2.70. The molecule has 3 aromatic rings. The molecule has 14 heteroatoms. The third-order valence-electron chi connectivity index (χ3n) is 9.30. The zero-order valence-corrected chi connectivity index (χ0v) is 25.4. The summed E-state index contributed by atoms with van der Waals surface area (Å²) in [5.74, 6) is -4.98. The Morgan fingerprint density at radius 1 is 1.14 bits per heavy atom. The number of thioether (sulfide) groups is 1. The fourth-order valence-electron chi connectivity index (χ4n) is 7.65. The highest BCUT2D eigenvalue weighted by atomic mass is 35.5. The van der Waals surface area contributed by atoms with Gasteiger partial charge in [0.15, 0.2) is 6.61 Å². The Morgan fingerprint density at radius 3 is 2.55 bits per heavy atom. The zero-order chi connectivity index (χ0) is 31.0. The lowest BCUT2D eigenvalue weighted by molar-refractivity contribution is -0.154. The van der Waals surface area contributed by atoms with Crippen LogP contribution in [-0.4, -0.2) is 56.6 Å². The Labute approximate surface area is 262 Å². The largest absolute Gasteiger partial charge is 0.483 e. The summed E-state index contributed by atoms with van der Waals surface area (Å²) < 4.78 is 19.3. The Bertz CT molecular complexity index is 1780. The third kappa shape index (κ3) is 4.55. The van der Waals surface area contributed by atoms with E-state index in [-0.39, 0.29) is 34.5 Å². The lowest BCUT2D eigenvalue weighted by atomic mass is 9.68. The number of carboxylic acid groups (broad SMARTS) is 1. The van der Waals surface area contributed by atoms with Crippen LogP contribution in [0.25, 0.3) is 0 Å². The Hall–Kier alpha value is -3.68. The van der Waals surface area contributed by atoms with Gasteiger partial charge in [0.05, 0.1) is 16.9 Å². The van der Waals surface area contributed by atoms with Crippen LogP contribution in [0.15, 0.2) is 52.3 Å². The number of nitrogens with one attached hydrogen (secondary N) is 2. The molecule has 1 saturated heterocycles. The van der Waals surface area contributed by atoms with Crippen molar-refractivity contribution < 1.29 is 33.4 Å². The van der Waals surface area contributed by atoms with E-state index in [0.717, 1.165) is 21.1 Å². The van der Waals surface area contributed by atoms with Crippen molar-refractivity contribution in [2.24, 2.45) is 29.6 Å². The van der Waals surface area contributed by atoms with Crippen molar-refractivity contribution in [2.45, 2.75) is 35.6 Å². The molecule has 3 amide bonds. The summed E-state index contributed by atoms with van der Waals surface area (Å²) in [6, 6.07) is 9.10. The second kappa shape index (κ2) is 10.7. The van der Waals surface area contributed by atoms with Crippen molar-refractivity contribution in [2.75, 3.05) is 11.9 Å². The molecule has 0 radical (unpaired) electrons. The number of carbonyl (C=O) groups is 4. The van der Waals surface area contributed by atoms with E-state index >= 15 is 0 Å². The van der Waals surface area contributed by atoms with Crippen LogP contribution in [-0.2, 0) is 19.2 Å². The number of halogens is 2. The summed E-state index contributed by atoms with van der Waals surface area (Å²) in [6.07, 6.45) is 0.622. The maximum atomic E-state index is 13.6. The SMILES string of the molecule is CC(C(=O)O)N1C(=O)C2C3CC(C2C1=O)C1C3Sc2[nH]c(=O)sc2[C@@H]1c1cc(Cl)ccc1OCC(=O)Nc1ccc(F)cc1. The van der Waals surface area contributed by atoms with Gasteiger partial charge in [-0.1, -0.05) is 22.9 Å². The first-order valence-electron chi connectivity index (χ1n) is 14.0. The fourth-order valence-corrected chi connectivity index (χ4v) is 10.7. The summed E-state index contributed by atoms with van der Waals surface area (Å²) in [7, 11) is 0. The molecule has 3 fully saturated rings. The summed E-state index contributed by atoms with van der Waals surface area (Å²) in [6.45, 7) is 0.985. The third-order valence-corrected chi connectivity index (χ3v) is 12.1. The van der Waals surface area contributed by atoms with Crippen LogP contribution in [0.5, 0.6) is 5.75 Å². The molecular weight excluding hydrogens is 633 g/mol. The number of amides is 3. The molecule has 2 bridgehead atoms. The number of anilines is 1. The maximum Gasteiger partial charge on any atom is 0.326 e. The molecule has 228 valence electrons. The number of nitrogens with zero attached hydrogens (tertiary/aromatic N) is 1. The number of thiazole rings is 1. The van der Waals surface area contributed by atoms with Gasteiger partial charge < -0.3 is 20.1 Å². The predicted octanol–water partition coefficient (Wildman–Crippen LogP) is 4.19. The number of H-pyrrole nitrogens is 1. The summed E-state index contributed by atoms with van der Waals surface area (Å²) >= 11 is 9.06. The first kappa shape index (κ1) is 29.1. The molecule has 2 saturated carbocycles. The molecule has 2 aliphatic carbocycles. The number of hydrogen-bond acceptors (Lipinski definition) is 8. The van der Waals surface area contributed by atoms with Crippen molar-refractivity contribution in [3.05, 3.63) is 73.4 Å². The Balaban J connectivity index is 1.23. The number of rotatable bonds is 7. The predicted molar refractivity (Wildman–Crippen MR) is 159 cm³/mol. The molecule has 1 aromatic heterocycles. The fraction of sp³-hybridized carbons (Fsp3) is 0.367. The van der Waals surface area contributed by atoms with Gasteiger partial charge in [0.2, 0.25) is 11.8 Å². The maximum absolute atomic E-state index is 13.6. The van der Waals surface area contributed by atoms with Crippen LogP contribution in [0.4, 0.5) is 10.1 Å². The number of imide groups is 1. The molecule has 2 aliphatic heterocycles. The second-order valence-electron chi connectivity index (χ2n) is 11.5. The van der Waals surface area contributed by atoms with Gasteiger partial charge in [0.25, 0.3) is 5.91 Å². The average Bonchev–Trinajstić information content (AvgIpc) is 3.72. The smallest absolute Gasteiger partial charge is 0.326 e. The van der Waals surface area contributed by atoms with Crippen LogP contribution >= 0.6 is 34.7 Å². The van der Waals surface area contributed by atoms with Crippen LogP contribution in [0.3, 0.4) is 0 Å². The minimum Gasteiger partial charge on any atom is -0.483 e. The van der Waals surface area contributed by atoms with Crippen LogP contribution < -0.4 is 14.9 Å². The van der Waals surface area contributed by atoms with Gasteiger partial charge in [-0.3, -0.25) is 24.1 Å². The number of likely N-dealkylation sites (tertiary alicyclic amines) is 1. The molecular formula is C30H25ClFN3O7S2. The van der Waals surface area contributed by atoms with Gasteiger partial charge in [-0.05, 0) is 73.6 Å². The molecule has 7 rings (SSSR count). The molecule has 3 heterocycles. The summed E-state index contributed by atoms with van der Waals surface area (Å²) in [4.78, 5) is 68.6. The second-order valence-corrected chi connectivity index (χ2v) is 14.2. The molecule has 10 nitrogen and oxygen atoms in total. The monoisotopic (exact) mass is 657 g/mol. The van der Waals surface area contributed by atoms with Crippen LogP contribution in [0.2, 0.25) is 5.02 Å². The minimum atomic E-state index is -1.27.